The molecular formula is C17H35N3O2. The van der Waals surface area contributed by atoms with Crippen molar-refractivity contribution >= 4 is 0 Å². The van der Waals surface area contributed by atoms with E-state index in [2.05, 4.69) is 21.6 Å². The Kier molecular flexibility index (Phi) is 8.11. The highest BCUT2D eigenvalue weighted by atomic mass is 16.5. The summed E-state index contributed by atoms with van der Waals surface area (Å²) in [5, 5.41) is 9.94. The van der Waals surface area contributed by atoms with Crippen molar-refractivity contribution in [2.45, 2.75) is 45.3 Å². The van der Waals surface area contributed by atoms with Crippen molar-refractivity contribution in [2.75, 3.05) is 65.6 Å². The van der Waals surface area contributed by atoms with Crippen molar-refractivity contribution in [3.63, 3.8) is 0 Å². The average Bonchev–Trinajstić information content (AvgIpc) is 2.55. The number of β-amino-alcohol motifs (C(OH)–C–C–N with tert-alkyl or cyclic N) is 1. The molecule has 0 amide bonds. The molecule has 2 aliphatic rings. The molecule has 0 bridgehead atoms. The van der Waals surface area contributed by atoms with Gasteiger partial charge in [0, 0.05) is 45.4 Å². The molecule has 1 atom stereocenters. The van der Waals surface area contributed by atoms with E-state index in [1.165, 1.54) is 38.9 Å². The van der Waals surface area contributed by atoms with Crippen LogP contribution in [-0.4, -0.2) is 97.5 Å². The maximum absolute atomic E-state index is 9.94. The van der Waals surface area contributed by atoms with Gasteiger partial charge < -0.3 is 14.7 Å². The molecular weight excluding hydrogens is 278 g/mol. The van der Waals surface area contributed by atoms with E-state index in [0.29, 0.717) is 13.2 Å². The van der Waals surface area contributed by atoms with Crippen molar-refractivity contribution in [3.8, 4) is 0 Å². The summed E-state index contributed by atoms with van der Waals surface area (Å²) in [5.74, 6) is 0. The Morgan fingerprint density at radius 3 is 2.27 bits per heavy atom. The molecule has 2 saturated heterocycles. The number of nitrogens with zero attached hydrogens (tertiary/aromatic N) is 3. The Hall–Kier alpha value is -0.200. The molecule has 0 aliphatic carbocycles. The summed E-state index contributed by atoms with van der Waals surface area (Å²) >= 11 is 0. The minimum Gasteiger partial charge on any atom is -0.389 e. The first-order valence-corrected chi connectivity index (χ1v) is 9.17. The van der Waals surface area contributed by atoms with Crippen LogP contribution in [0, 0.1) is 0 Å². The molecule has 130 valence electrons. The summed E-state index contributed by atoms with van der Waals surface area (Å²) in [4.78, 5) is 7.66. The van der Waals surface area contributed by atoms with Gasteiger partial charge in [0.1, 0.15) is 0 Å². The Morgan fingerprint density at radius 2 is 1.68 bits per heavy atom. The summed E-state index contributed by atoms with van der Waals surface area (Å²) in [5.41, 5.74) is 0. The van der Waals surface area contributed by atoms with Gasteiger partial charge in [0.15, 0.2) is 0 Å². The van der Waals surface area contributed by atoms with Crippen LogP contribution in [0.4, 0.5) is 0 Å². The molecule has 2 heterocycles. The van der Waals surface area contributed by atoms with Gasteiger partial charge in [-0.1, -0.05) is 6.92 Å². The third kappa shape index (κ3) is 5.78. The van der Waals surface area contributed by atoms with E-state index in [4.69, 9.17) is 4.74 Å². The first kappa shape index (κ1) is 18.1. The lowest BCUT2D eigenvalue weighted by molar-refractivity contribution is 0.00195. The Bertz CT molecular complexity index is 288. The second-order valence-corrected chi connectivity index (χ2v) is 6.72. The second kappa shape index (κ2) is 9.83. The monoisotopic (exact) mass is 313 g/mol. The molecule has 0 aromatic heterocycles. The summed E-state index contributed by atoms with van der Waals surface area (Å²) in [6, 6.07) is 0.781. The SMILES string of the molecule is CCCN1CCC(N2CCN(C[C@H](O)COCC)CC2)CC1. The molecule has 5 heteroatoms. The summed E-state index contributed by atoms with van der Waals surface area (Å²) < 4.78 is 5.29. The zero-order valence-corrected chi connectivity index (χ0v) is 14.5. The number of aliphatic hydroxyl groups is 1. The van der Waals surface area contributed by atoms with Gasteiger partial charge in [0.2, 0.25) is 0 Å². The zero-order chi connectivity index (χ0) is 15.8. The van der Waals surface area contributed by atoms with E-state index in [1.807, 2.05) is 6.92 Å². The first-order valence-electron chi connectivity index (χ1n) is 9.17. The molecule has 2 aliphatic heterocycles. The number of piperidine rings is 1. The van der Waals surface area contributed by atoms with Crippen LogP contribution in [0.3, 0.4) is 0 Å². The van der Waals surface area contributed by atoms with Crippen LogP contribution < -0.4 is 0 Å². The third-order valence-electron chi connectivity index (χ3n) is 5.00. The Labute approximate surface area is 136 Å². The lowest BCUT2D eigenvalue weighted by Crippen LogP contribution is -2.54. The van der Waals surface area contributed by atoms with E-state index >= 15 is 0 Å². The highest BCUT2D eigenvalue weighted by Crippen LogP contribution is 2.18. The zero-order valence-electron chi connectivity index (χ0n) is 14.5. The summed E-state index contributed by atoms with van der Waals surface area (Å²) in [6.07, 6.45) is 3.58. The van der Waals surface area contributed by atoms with Crippen LogP contribution in [0.25, 0.3) is 0 Å². The Balaban J connectivity index is 1.63. The molecule has 1 N–H and O–H groups in total. The molecule has 0 aromatic rings. The highest BCUT2D eigenvalue weighted by molar-refractivity contribution is 4.83. The van der Waals surface area contributed by atoms with E-state index in [1.54, 1.807) is 0 Å². The predicted octanol–water partition coefficient (Wildman–Crippen LogP) is 0.876. The lowest BCUT2D eigenvalue weighted by Gasteiger charge is -2.43. The molecule has 0 spiro atoms. The fourth-order valence-corrected chi connectivity index (χ4v) is 3.74. The van der Waals surface area contributed by atoms with Gasteiger partial charge in [-0.25, -0.2) is 0 Å². The molecule has 22 heavy (non-hydrogen) atoms. The van der Waals surface area contributed by atoms with Crippen molar-refractivity contribution < 1.29 is 9.84 Å². The van der Waals surface area contributed by atoms with Gasteiger partial charge in [-0.15, -0.1) is 0 Å². The molecule has 2 rings (SSSR count). The van der Waals surface area contributed by atoms with Gasteiger partial charge in [-0.3, -0.25) is 9.80 Å². The number of ether oxygens (including phenoxy) is 1. The van der Waals surface area contributed by atoms with E-state index in [9.17, 15) is 5.11 Å². The van der Waals surface area contributed by atoms with E-state index in [0.717, 1.165) is 38.8 Å². The molecule has 0 radical (unpaired) electrons. The number of hydrogen-bond acceptors (Lipinski definition) is 5. The minimum absolute atomic E-state index is 0.344. The number of rotatable bonds is 8. The van der Waals surface area contributed by atoms with Gasteiger partial charge in [0.05, 0.1) is 12.7 Å². The van der Waals surface area contributed by atoms with Crippen LogP contribution in [0.15, 0.2) is 0 Å². The topological polar surface area (TPSA) is 39.2 Å². The normalized spacial score (nSPS) is 24.7. The second-order valence-electron chi connectivity index (χ2n) is 6.72. The lowest BCUT2D eigenvalue weighted by atomic mass is 10.0. The van der Waals surface area contributed by atoms with Crippen LogP contribution in [0.2, 0.25) is 0 Å². The smallest absolute Gasteiger partial charge is 0.0900 e. The molecule has 0 aromatic carbocycles. The fraction of sp³-hybridized carbons (Fsp3) is 1.00. The van der Waals surface area contributed by atoms with Crippen molar-refractivity contribution in [3.05, 3.63) is 0 Å². The standard InChI is InChI=1S/C17H35N3O2/c1-3-7-18-8-5-16(6-9-18)20-12-10-19(11-13-20)14-17(21)15-22-4-2/h16-17,21H,3-15H2,1-2H3/t17-/m0/s1. The van der Waals surface area contributed by atoms with Gasteiger partial charge in [-0.2, -0.15) is 0 Å². The minimum atomic E-state index is -0.344. The number of hydrogen-bond donors (Lipinski definition) is 1. The van der Waals surface area contributed by atoms with E-state index in [-0.39, 0.29) is 6.10 Å². The van der Waals surface area contributed by atoms with Gasteiger partial charge in [0.25, 0.3) is 0 Å². The quantitative estimate of drug-likeness (QED) is 0.720. The number of likely N-dealkylation sites (tertiary alicyclic amines) is 1. The van der Waals surface area contributed by atoms with E-state index < -0.39 is 0 Å². The van der Waals surface area contributed by atoms with Crippen molar-refractivity contribution in [2.24, 2.45) is 0 Å². The fourth-order valence-electron chi connectivity index (χ4n) is 3.74. The number of aliphatic hydroxyl groups excluding tert-OH is 1. The third-order valence-corrected chi connectivity index (χ3v) is 5.00. The maximum atomic E-state index is 9.94. The molecule has 2 fully saturated rings. The van der Waals surface area contributed by atoms with Crippen molar-refractivity contribution in [1.82, 2.24) is 14.7 Å². The van der Waals surface area contributed by atoms with Gasteiger partial charge >= 0.3 is 0 Å². The first-order chi connectivity index (χ1) is 10.7. The van der Waals surface area contributed by atoms with Crippen LogP contribution in [0.5, 0.6) is 0 Å². The maximum Gasteiger partial charge on any atom is 0.0900 e. The summed E-state index contributed by atoms with van der Waals surface area (Å²) in [6.45, 7) is 14.4. The van der Waals surface area contributed by atoms with Crippen LogP contribution in [-0.2, 0) is 4.74 Å². The average molecular weight is 313 g/mol. The molecule has 5 nitrogen and oxygen atoms in total. The van der Waals surface area contributed by atoms with Crippen LogP contribution >= 0.6 is 0 Å². The molecule has 0 unspecified atom stereocenters. The Morgan fingerprint density at radius 1 is 1.00 bits per heavy atom. The number of piperazine rings is 1. The van der Waals surface area contributed by atoms with Crippen LogP contribution in [0.1, 0.15) is 33.1 Å². The largest absolute Gasteiger partial charge is 0.389 e. The molecule has 0 saturated carbocycles. The predicted molar refractivity (Wildman–Crippen MR) is 90.3 cm³/mol. The summed E-state index contributed by atoms with van der Waals surface area (Å²) in [7, 11) is 0. The van der Waals surface area contributed by atoms with Crippen molar-refractivity contribution in [1.29, 1.82) is 0 Å². The van der Waals surface area contributed by atoms with Gasteiger partial charge in [-0.05, 0) is 45.8 Å². The highest BCUT2D eigenvalue weighted by Gasteiger charge is 2.27.